The van der Waals surface area contributed by atoms with Crippen LogP contribution in [0.5, 0.6) is 0 Å². The van der Waals surface area contributed by atoms with Gasteiger partial charge in [0.15, 0.2) is 9.84 Å². The van der Waals surface area contributed by atoms with Crippen molar-refractivity contribution in [2.75, 3.05) is 11.5 Å². The SMILES string of the molecule is CC1(NC(=O)c2cc[nH]c2)CCS(=O)(=O)C1. The number of H-pyrrole nitrogens is 1. The fourth-order valence-electron chi connectivity index (χ4n) is 1.92. The summed E-state index contributed by atoms with van der Waals surface area (Å²) in [5, 5.41) is 2.78. The lowest BCUT2D eigenvalue weighted by Gasteiger charge is -2.23. The molecule has 1 aromatic heterocycles. The fourth-order valence-corrected chi connectivity index (χ4v) is 4.01. The quantitative estimate of drug-likeness (QED) is 0.784. The number of hydrogen-bond acceptors (Lipinski definition) is 3. The minimum absolute atomic E-state index is 0.0240. The first-order valence-electron chi connectivity index (χ1n) is 5.06. The van der Waals surface area contributed by atoms with Crippen LogP contribution in [0.25, 0.3) is 0 Å². The number of amides is 1. The minimum Gasteiger partial charge on any atom is -0.367 e. The van der Waals surface area contributed by atoms with Gasteiger partial charge in [-0.05, 0) is 19.4 Å². The molecule has 1 fully saturated rings. The van der Waals surface area contributed by atoms with Crippen LogP contribution in [0, 0.1) is 0 Å². The molecular weight excluding hydrogens is 228 g/mol. The van der Waals surface area contributed by atoms with Crippen molar-refractivity contribution in [3.05, 3.63) is 24.0 Å². The number of aromatic nitrogens is 1. The number of sulfone groups is 1. The molecule has 1 aromatic rings. The van der Waals surface area contributed by atoms with Crippen molar-refractivity contribution in [3.63, 3.8) is 0 Å². The zero-order valence-electron chi connectivity index (χ0n) is 8.99. The molecular formula is C10H14N2O3S. The summed E-state index contributed by atoms with van der Waals surface area (Å²) in [6, 6.07) is 1.65. The molecule has 2 rings (SSSR count). The lowest BCUT2D eigenvalue weighted by Crippen LogP contribution is -2.46. The van der Waals surface area contributed by atoms with Gasteiger partial charge >= 0.3 is 0 Å². The van der Waals surface area contributed by atoms with Crippen LogP contribution in [-0.2, 0) is 9.84 Å². The van der Waals surface area contributed by atoms with Gasteiger partial charge in [0.2, 0.25) is 0 Å². The van der Waals surface area contributed by atoms with Crippen LogP contribution in [0.3, 0.4) is 0 Å². The van der Waals surface area contributed by atoms with Crippen LogP contribution < -0.4 is 5.32 Å². The van der Waals surface area contributed by atoms with Gasteiger partial charge in [0.1, 0.15) is 0 Å². The van der Waals surface area contributed by atoms with Crippen molar-refractivity contribution in [3.8, 4) is 0 Å². The Labute approximate surface area is 94.2 Å². The van der Waals surface area contributed by atoms with Crippen molar-refractivity contribution in [2.24, 2.45) is 0 Å². The van der Waals surface area contributed by atoms with Gasteiger partial charge in [-0.1, -0.05) is 0 Å². The third-order valence-electron chi connectivity index (χ3n) is 2.78. The predicted molar refractivity (Wildman–Crippen MR) is 59.9 cm³/mol. The second-order valence-electron chi connectivity index (χ2n) is 4.46. The minimum atomic E-state index is -2.99. The molecule has 1 unspecified atom stereocenters. The van der Waals surface area contributed by atoms with Crippen molar-refractivity contribution in [1.82, 2.24) is 10.3 Å². The van der Waals surface area contributed by atoms with E-state index in [0.29, 0.717) is 12.0 Å². The Kier molecular flexibility index (Phi) is 2.53. The van der Waals surface area contributed by atoms with Gasteiger partial charge in [0.05, 0.1) is 22.6 Å². The van der Waals surface area contributed by atoms with Crippen molar-refractivity contribution in [2.45, 2.75) is 18.9 Å². The van der Waals surface area contributed by atoms with Gasteiger partial charge in [0, 0.05) is 12.4 Å². The molecule has 5 nitrogen and oxygen atoms in total. The van der Waals surface area contributed by atoms with Crippen LogP contribution in [0.1, 0.15) is 23.7 Å². The summed E-state index contributed by atoms with van der Waals surface area (Å²) in [6.07, 6.45) is 3.72. The summed E-state index contributed by atoms with van der Waals surface area (Å²) in [4.78, 5) is 14.5. The number of carbonyl (C=O) groups is 1. The Bertz CT molecular complexity index is 492. The van der Waals surface area contributed by atoms with E-state index < -0.39 is 15.4 Å². The van der Waals surface area contributed by atoms with Gasteiger partial charge in [-0.15, -0.1) is 0 Å². The lowest BCUT2D eigenvalue weighted by molar-refractivity contribution is 0.0915. The smallest absolute Gasteiger partial charge is 0.253 e. The summed E-state index contributed by atoms with van der Waals surface area (Å²) in [7, 11) is -2.99. The van der Waals surface area contributed by atoms with E-state index in [1.807, 2.05) is 0 Å². The average molecular weight is 242 g/mol. The van der Waals surface area contributed by atoms with E-state index in [-0.39, 0.29) is 17.4 Å². The zero-order chi connectivity index (χ0) is 11.8. The molecule has 0 bridgehead atoms. The fraction of sp³-hybridized carbons (Fsp3) is 0.500. The first kappa shape index (κ1) is 11.2. The molecule has 1 atom stereocenters. The molecule has 1 saturated heterocycles. The molecule has 1 aliphatic rings. The van der Waals surface area contributed by atoms with E-state index in [0.717, 1.165) is 0 Å². The predicted octanol–water partition coefficient (Wildman–Crippen LogP) is 0.322. The van der Waals surface area contributed by atoms with Crippen LogP contribution in [0.15, 0.2) is 18.5 Å². The van der Waals surface area contributed by atoms with Crippen LogP contribution in [-0.4, -0.2) is 36.4 Å². The van der Waals surface area contributed by atoms with Gasteiger partial charge in [-0.2, -0.15) is 0 Å². The Balaban J connectivity index is 2.09. The summed E-state index contributed by atoms with van der Waals surface area (Å²) >= 11 is 0. The third-order valence-corrected chi connectivity index (χ3v) is 4.68. The molecule has 0 aliphatic carbocycles. The highest BCUT2D eigenvalue weighted by atomic mass is 32.2. The highest BCUT2D eigenvalue weighted by Crippen LogP contribution is 2.23. The van der Waals surface area contributed by atoms with E-state index in [4.69, 9.17) is 0 Å². The number of rotatable bonds is 2. The maximum Gasteiger partial charge on any atom is 0.253 e. The van der Waals surface area contributed by atoms with E-state index in [1.54, 1.807) is 25.4 Å². The second kappa shape index (κ2) is 3.62. The molecule has 1 amide bonds. The maximum absolute atomic E-state index is 11.8. The molecule has 0 radical (unpaired) electrons. The largest absolute Gasteiger partial charge is 0.367 e. The van der Waals surface area contributed by atoms with E-state index in [9.17, 15) is 13.2 Å². The summed E-state index contributed by atoms with van der Waals surface area (Å²) < 4.78 is 22.7. The molecule has 2 heterocycles. The Morgan fingerprint density at radius 2 is 2.31 bits per heavy atom. The monoisotopic (exact) mass is 242 g/mol. The van der Waals surface area contributed by atoms with E-state index >= 15 is 0 Å². The van der Waals surface area contributed by atoms with Gasteiger partial charge < -0.3 is 10.3 Å². The van der Waals surface area contributed by atoms with E-state index in [2.05, 4.69) is 10.3 Å². The summed E-state index contributed by atoms with van der Waals surface area (Å²) in [6.45, 7) is 1.77. The number of nitrogens with one attached hydrogen (secondary N) is 2. The van der Waals surface area contributed by atoms with Crippen LogP contribution in [0.4, 0.5) is 0 Å². The van der Waals surface area contributed by atoms with Gasteiger partial charge in [-0.25, -0.2) is 8.42 Å². The topological polar surface area (TPSA) is 79.0 Å². The maximum atomic E-state index is 11.8. The molecule has 16 heavy (non-hydrogen) atoms. The van der Waals surface area contributed by atoms with Crippen molar-refractivity contribution in [1.29, 1.82) is 0 Å². The highest BCUT2D eigenvalue weighted by Gasteiger charge is 2.39. The van der Waals surface area contributed by atoms with Gasteiger partial charge in [-0.3, -0.25) is 4.79 Å². The standard InChI is InChI=1S/C10H14N2O3S/c1-10(3-5-16(14,15)7-10)12-9(13)8-2-4-11-6-8/h2,4,6,11H,3,5,7H2,1H3,(H,12,13). The highest BCUT2D eigenvalue weighted by molar-refractivity contribution is 7.91. The molecule has 0 saturated carbocycles. The molecule has 2 N–H and O–H groups in total. The first-order chi connectivity index (χ1) is 7.40. The van der Waals surface area contributed by atoms with Crippen molar-refractivity contribution >= 4 is 15.7 Å². The second-order valence-corrected chi connectivity index (χ2v) is 6.64. The molecule has 6 heteroatoms. The van der Waals surface area contributed by atoms with E-state index in [1.165, 1.54) is 0 Å². The Morgan fingerprint density at radius 3 is 2.81 bits per heavy atom. The molecule has 0 spiro atoms. The first-order valence-corrected chi connectivity index (χ1v) is 6.88. The zero-order valence-corrected chi connectivity index (χ0v) is 9.80. The summed E-state index contributed by atoms with van der Waals surface area (Å²) in [5.41, 5.74) is -0.113. The lowest BCUT2D eigenvalue weighted by atomic mass is 10.0. The summed E-state index contributed by atoms with van der Waals surface area (Å²) in [5.74, 6) is -0.0616. The Morgan fingerprint density at radius 1 is 1.56 bits per heavy atom. The van der Waals surface area contributed by atoms with Crippen molar-refractivity contribution < 1.29 is 13.2 Å². The third kappa shape index (κ3) is 2.27. The van der Waals surface area contributed by atoms with Crippen LogP contribution in [0.2, 0.25) is 0 Å². The Hall–Kier alpha value is -1.30. The average Bonchev–Trinajstić information content (AvgIpc) is 2.73. The number of aromatic amines is 1. The van der Waals surface area contributed by atoms with Gasteiger partial charge in [0.25, 0.3) is 5.91 Å². The number of hydrogen-bond donors (Lipinski definition) is 2. The normalized spacial score (nSPS) is 27.8. The molecule has 1 aliphatic heterocycles. The van der Waals surface area contributed by atoms with Crippen LogP contribution >= 0.6 is 0 Å². The molecule has 0 aromatic carbocycles. The number of carbonyl (C=O) groups excluding carboxylic acids is 1. The molecule has 88 valence electrons.